The predicted molar refractivity (Wildman–Crippen MR) is 220 cm³/mol. The fourth-order valence-corrected chi connectivity index (χ4v) is 10.2. The lowest BCUT2D eigenvalue weighted by Gasteiger charge is -2.41. The molecule has 318 valence electrons. The van der Waals surface area contributed by atoms with Crippen molar-refractivity contribution in [1.29, 1.82) is 0 Å². The van der Waals surface area contributed by atoms with Gasteiger partial charge in [0, 0.05) is 89.1 Å². The number of hydrazine groups is 1. The van der Waals surface area contributed by atoms with Crippen LogP contribution in [0.15, 0.2) is 36.7 Å². The van der Waals surface area contributed by atoms with Gasteiger partial charge in [-0.15, -0.1) is 0 Å². The number of nitrogens with one attached hydrogen (secondary N) is 3. The van der Waals surface area contributed by atoms with Gasteiger partial charge in [0.25, 0.3) is 5.91 Å². The third-order valence-corrected chi connectivity index (χ3v) is 14.0. The zero-order valence-electron chi connectivity index (χ0n) is 34.2. The summed E-state index contributed by atoms with van der Waals surface area (Å²) in [5, 5.41) is 2.25. The summed E-state index contributed by atoms with van der Waals surface area (Å²) in [4.78, 5) is 57.2. The summed E-state index contributed by atoms with van der Waals surface area (Å²) in [6.07, 6.45) is 8.06. The van der Waals surface area contributed by atoms with Gasteiger partial charge in [-0.25, -0.2) is 24.2 Å². The smallest absolute Gasteiger partial charge is 0.255 e. The standard InChI is InChI=1S/C44H54F2N10O4/c1-44(10-11-44)60-29-2-3-34-31(20-29)40(51-50-34)35-22-37(48-26-47-35)54-12-6-27(7-13-54)23-52-16-18-53(19-17-52)24-28-8-14-55(15-9-28)41-33(45)21-30-32(39(41)46)25-56(43(30)59)36-4-5-38(57)49-42(36)58/h2-3,20-22,26-28,36,40,50-51H,4-19,23-25H2,1H3,(H,49,57,58). The molecule has 60 heavy (non-hydrogen) atoms. The first-order valence-corrected chi connectivity index (χ1v) is 21.8. The molecule has 1 aliphatic carbocycles. The highest BCUT2D eigenvalue weighted by atomic mass is 19.1. The third-order valence-electron chi connectivity index (χ3n) is 14.0. The monoisotopic (exact) mass is 824 g/mol. The molecule has 0 radical (unpaired) electrons. The first-order chi connectivity index (χ1) is 29.1. The number of ether oxygens (including phenoxy) is 1. The molecule has 3 N–H and O–H groups in total. The minimum absolute atomic E-state index is 0.0338. The zero-order chi connectivity index (χ0) is 41.1. The minimum atomic E-state index is -0.877. The SMILES string of the molecule is CC1(Oc2ccc3c(c2)C(c2cc(N4CCC(CN5CCN(CC6CCN(c7c(F)cc8c(c7F)CN(C7CCC(=O)NC7=O)C8=O)CC6)CC5)CC4)ncn2)NN3)CC1. The van der Waals surface area contributed by atoms with Crippen LogP contribution in [0.1, 0.15) is 91.5 Å². The van der Waals surface area contributed by atoms with Crippen LogP contribution in [0, 0.1) is 23.5 Å². The number of amides is 3. The Morgan fingerprint density at radius 3 is 2.18 bits per heavy atom. The predicted octanol–water partition coefficient (Wildman–Crippen LogP) is 4.22. The third kappa shape index (κ3) is 7.77. The van der Waals surface area contributed by atoms with Crippen molar-refractivity contribution in [2.24, 2.45) is 11.8 Å². The molecule has 16 heteroatoms. The van der Waals surface area contributed by atoms with Crippen LogP contribution in [-0.4, -0.2) is 119 Å². The molecule has 7 heterocycles. The van der Waals surface area contributed by atoms with Crippen LogP contribution < -0.4 is 30.7 Å². The molecule has 4 saturated heterocycles. The molecular weight excluding hydrogens is 771 g/mol. The highest BCUT2D eigenvalue weighted by molar-refractivity contribution is 6.05. The van der Waals surface area contributed by atoms with Gasteiger partial charge in [0.05, 0.1) is 29.5 Å². The number of carbonyl (C=O) groups is 3. The normalized spacial score (nSPS) is 25.0. The van der Waals surface area contributed by atoms with Gasteiger partial charge >= 0.3 is 0 Å². The molecule has 1 saturated carbocycles. The van der Waals surface area contributed by atoms with Crippen LogP contribution in [0.2, 0.25) is 0 Å². The summed E-state index contributed by atoms with van der Waals surface area (Å²) in [5.74, 6) is -0.0521. The van der Waals surface area contributed by atoms with Crippen molar-refractivity contribution < 1.29 is 27.9 Å². The highest BCUT2D eigenvalue weighted by Crippen LogP contribution is 2.42. The number of aromatic nitrogens is 2. The molecular formula is C44H54F2N10O4. The molecule has 6 aliphatic heterocycles. The Kier molecular flexibility index (Phi) is 10.4. The maximum absolute atomic E-state index is 16.0. The minimum Gasteiger partial charge on any atom is -0.488 e. The Bertz CT molecular complexity index is 2160. The molecule has 14 nitrogen and oxygen atoms in total. The Morgan fingerprint density at radius 2 is 1.52 bits per heavy atom. The van der Waals surface area contributed by atoms with Gasteiger partial charge in [-0.1, -0.05) is 0 Å². The number of benzene rings is 2. The second kappa shape index (κ2) is 15.8. The van der Waals surface area contributed by atoms with E-state index in [1.165, 1.54) is 4.90 Å². The number of rotatable bonds is 10. The number of anilines is 3. The van der Waals surface area contributed by atoms with Crippen molar-refractivity contribution in [3.05, 3.63) is 70.7 Å². The summed E-state index contributed by atoms with van der Waals surface area (Å²) in [7, 11) is 0. The quantitative estimate of drug-likeness (QED) is 0.253. The highest BCUT2D eigenvalue weighted by Gasteiger charge is 2.43. The number of imide groups is 1. The summed E-state index contributed by atoms with van der Waals surface area (Å²) in [6, 6.07) is 8.52. The number of fused-ring (bicyclic) bond motifs is 2. The maximum atomic E-state index is 16.0. The van der Waals surface area contributed by atoms with Crippen LogP contribution in [0.25, 0.3) is 0 Å². The van der Waals surface area contributed by atoms with E-state index in [4.69, 9.17) is 4.74 Å². The van der Waals surface area contributed by atoms with Crippen LogP contribution in [0.5, 0.6) is 5.75 Å². The molecule has 0 bridgehead atoms. The van der Waals surface area contributed by atoms with Crippen molar-refractivity contribution in [3.8, 4) is 5.75 Å². The number of carbonyl (C=O) groups excluding carboxylic acids is 3. The topological polar surface area (TPSA) is 139 Å². The summed E-state index contributed by atoms with van der Waals surface area (Å²) in [6.45, 7) is 11.3. The van der Waals surface area contributed by atoms with Gasteiger partial charge in [-0.05, 0) is 88.0 Å². The summed E-state index contributed by atoms with van der Waals surface area (Å²) < 4.78 is 37.7. The van der Waals surface area contributed by atoms with E-state index < -0.39 is 35.4 Å². The number of halogens is 2. The van der Waals surface area contributed by atoms with Crippen LogP contribution >= 0.6 is 0 Å². The van der Waals surface area contributed by atoms with Gasteiger partial charge in [-0.2, -0.15) is 0 Å². The van der Waals surface area contributed by atoms with Gasteiger partial charge in [-0.3, -0.25) is 19.7 Å². The number of piperazine rings is 1. The van der Waals surface area contributed by atoms with E-state index >= 15 is 8.78 Å². The lowest BCUT2D eigenvalue weighted by Crippen LogP contribution is -2.52. The number of hydrogen-bond donors (Lipinski definition) is 3. The van der Waals surface area contributed by atoms with Crippen molar-refractivity contribution in [2.75, 3.05) is 80.7 Å². The molecule has 2 atom stereocenters. The number of hydrogen-bond acceptors (Lipinski definition) is 12. The first-order valence-electron chi connectivity index (χ1n) is 21.8. The average Bonchev–Trinajstić information content (AvgIpc) is 3.67. The van der Waals surface area contributed by atoms with E-state index in [1.807, 2.05) is 6.07 Å². The largest absolute Gasteiger partial charge is 0.488 e. The molecule has 5 fully saturated rings. The number of piperidine rings is 3. The first kappa shape index (κ1) is 39.2. The lowest BCUT2D eigenvalue weighted by molar-refractivity contribution is -0.136. The Morgan fingerprint density at radius 1 is 0.833 bits per heavy atom. The average molecular weight is 825 g/mol. The van der Waals surface area contributed by atoms with Crippen molar-refractivity contribution in [2.45, 2.75) is 82.5 Å². The molecule has 1 aromatic heterocycles. The zero-order valence-corrected chi connectivity index (χ0v) is 34.2. The fraction of sp³-hybridized carbons (Fsp3) is 0.568. The van der Waals surface area contributed by atoms with Crippen molar-refractivity contribution in [1.82, 2.24) is 35.4 Å². The van der Waals surface area contributed by atoms with Gasteiger partial charge < -0.3 is 34.7 Å². The molecule has 2 aromatic carbocycles. The molecule has 7 aliphatic rings. The second-order valence-corrected chi connectivity index (χ2v) is 18.2. The maximum Gasteiger partial charge on any atom is 0.255 e. The van der Waals surface area contributed by atoms with E-state index in [0.717, 1.165) is 125 Å². The van der Waals surface area contributed by atoms with E-state index in [1.54, 1.807) is 11.2 Å². The molecule has 3 amide bonds. The molecule has 3 aromatic rings. The molecule has 0 spiro atoms. The Balaban J connectivity index is 0.668. The Labute approximate surface area is 349 Å². The Hall–Kier alpha value is -4.93. The van der Waals surface area contributed by atoms with E-state index in [0.29, 0.717) is 24.9 Å². The second-order valence-electron chi connectivity index (χ2n) is 18.2. The summed E-state index contributed by atoms with van der Waals surface area (Å²) >= 11 is 0. The van der Waals surface area contributed by atoms with E-state index in [2.05, 4.69) is 66.0 Å². The van der Waals surface area contributed by atoms with Crippen LogP contribution in [0.4, 0.5) is 26.0 Å². The van der Waals surface area contributed by atoms with Crippen LogP contribution in [-0.2, 0) is 16.1 Å². The van der Waals surface area contributed by atoms with E-state index in [9.17, 15) is 14.4 Å². The van der Waals surface area contributed by atoms with Gasteiger partial charge in [0.2, 0.25) is 11.8 Å². The fourth-order valence-electron chi connectivity index (χ4n) is 10.2. The van der Waals surface area contributed by atoms with E-state index in [-0.39, 0.29) is 47.8 Å². The molecule has 2 unspecified atom stereocenters. The van der Waals surface area contributed by atoms with Gasteiger partial charge in [0.1, 0.15) is 41.0 Å². The lowest BCUT2D eigenvalue weighted by atomic mass is 9.94. The van der Waals surface area contributed by atoms with Crippen LogP contribution in [0.3, 0.4) is 0 Å². The molecule has 10 rings (SSSR count). The van der Waals surface area contributed by atoms with Crippen molar-refractivity contribution >= 4 is 34.9 Å². The van der Waals surface area contributed by atoms with Gasteiger partial charge in [0.15, 0.2) is 5.82 Å². The van der Waals surface area contributed by atoms with Crippen molar-refractivity contribution in [3.63, 3.8) is 0 Å². The number of nitrogens with zero attached hydrogens (tertiary/aromatic N) is 7. The summed E-state index contributed by atoms with van der Waals surface area (Å²) in [5.41, 5.74) is 9.80.